The number of rotatable bonds is 4. The first-order valence-corrected chi connectivity index (χ1v) is 7.95. The Hall–Kier alpha value is -2.17. The van der Waals surface area contributed by atoms with E-state index in [4.69, 9.17) is 0 Å². The summed E-state index contributed by atoms with van der Waals surface area (Å²) < 4.78 is 1.70. The second-order valence-corrected chi connectivity index (χ2v) is 6.23. The first-order chi connectivity index (χ1) is 10.7. The maximum absolute atomic E-state index is 12.3. The molecule has 1 aliphatic rings. The zero-order valence-corrected chi connectivity index (χ0v) is 12.9. The molecule has 22 heavy (non-hydrogen) atoms. The fourth-order valence-electron chi connectivity index (χ4n) is 3.07. The third kappa shape index (κ3) is 3.72. The third-order valence-electron chi connectivity index (χ3n) is 4.23. The van der Waals surface area contributed by atoms with Gasteiger partial charge in [-0.1, -0.05) is 55.3 Å². The molecular formula is C17H22N4O. The lowest BCUT2D eigenvalue weighted by molar-refractivity contribution is 0.0916. The van der Waals surface area contributed by atoms with Crippen LogP contribution in [0.4, 0.5) is 0 Å². The summed E-state index contributed by atoms with van der Waals surface area (Å²) in [4.78, 5) is 12.3. The molecule has 2 aromatic rings. The van der Waals surface area contributed by atoms with E-state index in [9.17, 15) is 4.79 Å². The summed E-state index contributed by atoms with van der Waals surface area (Å²) >= 11 is 0. The van der Waals surface area contributed by atoms with E-state index in [0.29, 0.717) is 18.2 Å². The first-order valence-electron chi connectivity index (χ1n) is 7.95. The van der Waals surface area contributed by atoms with Crippen LogP contribution in [0.5, 0.6) is 0 Å². The van der Waals surface area contributed by atoms with Gasteiger partial charge in [-0.25, -0.2) is 4.68 Å². The fraction of sp³-hybridized carbons (Fsp3) is 0.471. The minimum absolute atomic E-state index is 0.113. The average Bonchev–Trinajstić information content (AvgIpc) is 2.97. The van der Waals surface area contributed by atoms with Crippen LogP contribution in [-0.2, 0) is 6.54 Å². The van der Waals surface area contributed by atoms with Crippen molar-refractivity contribution in [2.75, 3.05) is 0 Å². The van der Waals surface area contributed by atoms with Crippen molar-refractivity contribution in [2.24, 2.45) is 5.92 Å². The predicted molar refractivity (Wildman–Crippen MR) is 84.5 cm³/mol. The smallest absolute Gasteiger partial charge is 0.273 e. The quantitative estimate of drug-likeness (QED) is 0.944. The number of nitrogens with one attached hydrogen (secondary N) is 1. The molecule has 0 spiro atoms. The molecule has 0 radical (unpaired) electrons. The van der Waals surface area contributed by atoms with E-state index < -0.39 is 0 Å². The molecule has 0 aliphatic heterocycles. The van der Waals surface area contributed by atoms with Crippen molar-refractivity contribution >= 4 is 5.91 Å². The Morgan fingerprint density at radius 2 is 2.14 bits per heavy atom. The Morgan fingerprint density at radius 3 is 2.91 bits per heavy atom. The van der Waals surface area contributed by atoms with Crippen LogP contribution in [-0.4, -0.2) is 26.9 Å². The van der Waals surface area contributed by atoms with E-state index in [1.54, 1.807) is 10.9 Å². The highest BCUT2D eigenvalue weighted by Crippen LogP contribution is 2.23. The van der Waals surface area contributed by atoms with Crippen LogP contribution in [0.1, 0.15) is 48.7 Å². The standard InChI is InChI=1S/C17H22N4O/c1-13-6-5-9-15(10-13)18-17(22)16-12-21(20-19-16)11-14-7-3-2-4-8-14/h2-4,7-8,12-13,15H,5-6,9-11H2,1H3,(H,18,22). The lowest BCUT2D eigenvalue weighted by Gasteiger charge is -2.27. The minimum atomic E-state index is -0.113. The van der Waals surface area contributed by atoms with Gasteiger partial charge in [0.05, 0.1) is 12.7 Å². The normalized spacial score (nSPS) is 21.5. The Morgan fingerprint density at radius 1 is 1.32 bits per heavy atom. The van der Waals surface area contributed by atoms with Gasteiger partial charge in [-0.2, -0.15) is 0 Å². The van der Waals surface area contributed by atoms with Gasteiger partial charge >= 0.3 is 0 Å². The summed E-state index contributed by atoms with van der Waals surface area (Å²) in [5, 5.41) is 11.1. The van der Waals surface area contributed by atoms with Crippen LogP contribution in [0.25, 0.3) is 0 Å². The van der Waals surface area contributed by atoms with E-state index >= 15 is 0 Å². The Labute approximate surface area is 130 Å². The Balaban J connectivity index is 1.59. The van der Waals surface area contributed by atoms with Crippen molar-refractivity contribution in [3.05, 3.63) is 47.8 Å². The fourth-order valence-corrected chi connectivity index (χ4v) is 3.07. The van der Waals surface area contributed by atoms with Gasteiger partial charge in [0, 0.05) is 6.04 Å². The van der Waals surface area contributed by atoms with Gasteiger partial charge in [0.1, 0.15) is 0 Å². The molecule has 1 aromatic heterocycles. The van der Waals surface area contributed by atoms with Gasteiger partial charge in [0.2, 0.25) is 0 Å². The topological polar surface area (TPSA) is 59.8 Å². The van der Waals surface area contributed by atoms with E-state index in [-0.39, 0.29) is 11.9 Å². The van der Waals surface area contributed by atoms with Crippen molar-refractivity contribution < 1.29 is 4.79 Å². The molecule has 5 heteroatoms. The van der Waals surface area contributed by atoms with Crippen LogP contribution < -0.4 is 5.32 Å². The lowest BCUT2D eigenvalue weighted by Crippen LogP contribution is -2.38. The molecule has 1 heterocycles. The molecule has 1 fully saturated rings. The molecule has 1 aromatic carbocycles. The second kappa shape index (κ2) is 6.73. The first kappa shape index (κ1) is 14.8. The SMILES string of the molecule is CC1CCCC(NC(=O)c2cn(Cc3ccccc3)nn2)C1. The summed E-state index contributed by atoms with van der Waals surface area (Å²) in [7, 11) is 0. The molecular weight excluding hydrogens is 276 g/mol. The summed E-state index contributed by atoms with van der Waals surface area (Å²) in [6.45, 7) is 2.87. The molecule has 1 aliphatic carbocycles. The van der Waals surface area contributed by atoms with Crippen molar-refractivity contribution in [3.63, 3.8) is 0 Å². The number of aromatic nitrogens is 3. The highest BCUT2D eigenvalue weighted by Gasteiger charge is 2.22. The van der Waals surface area contributed by atoms with Crippen LogP contribution in [0.15, 0.2) is 36.5 Å². The molecule has 3 rings (SSSR count). The van der Waals surface area contributed by atoms with Gasteiger partial charge < -0.3 is 5.32 Å². The van der Waals surface area contributed by atoms with Gasteiger partial charge in [-0.15, -0.1) is 5.10 Å². The minimum Gasteiger partial charge on any atom is -0.348 e. The van der Waals surface area contributed by atoms with Gasteiger partial charge in [-0.05, 0) is 24.3 Å². The van der Waals surface area contributed by atoms with Crippen LogP contribution in [0.3, 0.4) is 0 Å². The zero-order chi connectivity index (χ0) is 15.4. The molecule has 1 amide bonds. The van der Waals surface area contributed by atoms with Gasteiger partial charge in [-0.3, -0.25) is 4.79 Å². The summed E-state index contributed by atoms with van der Waals surface area (Å²) in [6, 6.07) is 10.3. The predicted octanol–water partition coefficient (Wildman–Crippen LogP) is 2.63. The van der Waals surface area contributed by atoms with Crippen molar-refractivity contribution in [1.29, 1.82) is 0 Å². The van der Waals surface area contributed by atoms with Crippen LogP contribution >= 0.6 is 0 Å². The van der Waals surface area contributed by atoms with Crippen molar-refractivity contribution in [1.82, 2.24) is 20.3 Å². The van der Waals surface area contributed by atoms with Crippen molar-refractivity contribution in [2.45, 2.75) is 45.2 Å². The monoisotopic (exact) mass is 298 g/mol. The number of carbonyl (C=O) groups is 1. The summed E-state index contributed by atoms with van der Waals surface area (Å²) in [5.41, 5.74) is 1.54. The Bertz CT molecular complexity index is 623. The second-order valence-electron chi connectivity index (χ2n) is 6.23. The Kier molecular flexibility index (Phi) is 4.51. The molecule has 1 saturated carbocycles. The molecule has 5 nitrogen and oxygen atoms in total. The number of amides is 1. The lowest BCUT2D eigenvalue weighted by atomic mass is 9.87. The van der Waals surface area contributed by atoms with Crippen molar-refractivity contribution in [3.8, 4) is 0 Å². The summed E-state index contributed by atoms with van der Waals surface area (Å²) in [6.07, 6.45) is 6.29. The highest BCUT2D eigenvalue weighted by molar-refractivity contribution is 5.92. The maximum atomic E-state index is 12.3. The zero-order valence-electron chi connectivity index (χ0n) is 12.9. The number of nitrogens with zero attached hydrogens (tertiary/aromatic N) is 3. The summed E-state index contributed by atoms with van der Waals surface area (Å²) in [5.74, 6) is 0.575. The number of benzene rings is 1. The molecule has 0 bridgehead atoms. The van der Waals surface area contributed by atoms with Crippen LogP contribution in [0, 0.1) is 5.92 Å². The molecule has 2 unspecified atom stereocenters. The molecule has 2 atom stereocenters. The van der Waals surface area contributed by atoms with Gasteiger partial charge in [0.15, 0.2) is 5.69 Å². The average molecular weight is 298 g/mol. The molecule has 1 N–H and O–H groups in total. The largest absolute Gasteiger partial charge is 0.348 e. The highest BCUT2D eigenvalue weighted by atomic mass is 16.2. The van der Waals surface area contributed by atoms with E-state index in [0.717, 1.165) is 18.4 Å². The number of hydrogen-bond acceptors (Lipinski definition) is 3. The van der Waals surface area contributed by atoms with E-state index in [1.807, 2.05) is 30.3 Å². The number of carbonyl (C=O) groups excluding carboxylic acids is 1. The number of hydrogen-bond donors (Lipinski definition) is 1. The van der Waals surface area contributed by atoms with Gasteiger partial charge in [0.25, 0.3) is 5.91 Å². The molecule has 0 saturated heterocycles. The molecule has 116 valence electrons. The van der Waals surface area contributed by atoms with E-state index in [1.165, 1.54) is 12.8 Å². The third-order valence-corrected chi connectivity index (χ3v) is 4.23. The van der Waals surface area contributed by atoms with E-state index in [2.05, 4.69) is 22.6 Å². The maximum Gasteiger partial charge on any atom is 0.273 e. The van der Waals surface area contributed by atoms with Crippen LogP contribution in [0.2, 0.25) is 0 Å².